The summed E-state index contributed by atoms with van der Waals surface area (Å²) >= 11 is 5.95. The number of hydrogen-bond donors (Lipinski definition) is 3. The van der Waals surface area contributed by atoms with Gasteiger partial charge < -0.3 is 20.5 Å². The van der Waals surface area contributed by atoms with Crippen LogP contribution in [-0.2, 0) is 4.79 Å². The first-order valence-electron chi connectivity index (χ1n) is 6.52. The van der Waals surface area contributed by atoms with Crippen LogP contribution < -0.4 is 15.4 Å². The number of ether oxygens (including phenoxy) is 1. The molecule has 0 aliphatic heterocycles. The average Bonchev–Trinajstić information content (AvgIpc) is 2.44. The Morgan fingerprint density at radius 3 is 2.57 bits per heavy atom. The van der Waals surface area contributed by atoms with Crippen LogP contribution >= 0.6 is 11.6 Å². The van der Waals surface area contributed by atoms with Crippen molar-refractivity contribution in [3.63, 3.8) is 0 Å². The van der Waals surface area contributed by atoms with Gasteiger partial charge in [0.2, 0.25) is 0 Å². The lowest BCUT2D eigenvalue weighted by Gasteiger charge is -2.20. The molecule has 21 heavy (non-hydrogen) atoms. The van der Waals surface area contributed by atoms with E-state index < -0.39 is 18.0 Å². The number of carbonyl (C=O) groups excluding carboxylic acids is 1. The summed E-state index contributed by atoms with van der Waals surface area (Å²) < 4.78 is 5.01. The lowest BCUT2D eigenvalue weighted by atomic mass is 9.99. The van der Waals surface area contributed by atoms with E-state index in [0.717, 1.165) is 0 Å². The van der Waals surface area contributed by atoms with Crippen LogP contribution in [0, 0.1) is 5.92 Å². The zero-order valence-electron chi connectivity index (χ0n) is 12.1. The predicted molar refractivity (Wildman–Crippen MR) is 81.0 cm³/mol. The number of nitrogens with one attached hydrogen (secondary N) is 2. The topological polar surface area (TPSA) is 87.7 Å². The predicted octanol–water partition coefficient (Wildman–Crippen LogP) is 2.97. The number of carbonyl (C=O) groups is 2. The number of rotatable bonds is 6. The minimum atomic E-state index is -1.06. The highest BCUT2D eigenvalue weighted by Gasteiger charge is 2.25. The largest absolute Gasteiger partial charge is 0.495 e. The number of methoxy groups -OCH3 is 1. The summed E-state index contributed by atoms with van der Waals surface area (Å²) in [4.78, 5) is 23.0. The van der Waals surface area contributed by atoms with Crippen molar-refractivity contribution in [3.8, 4) is 5.75 Å². The molecule has 0 saturated heterocycles. The van der Waals surface area contributed by atoms with E-state index in [4.69, 9.17) is 21.4 Å². The quantitative estimate of drug-likeness (QED) is 0.753. The number of halogens is 1. The molecule has 1 aromatic carbocycles. The number of hydrogen-bond acceptors (Lipinski definition) is 3. The van der Waals surface area contributed by atoms with Gasteiger partial charge in [-0.2, -0.15) is 0 Å². The second kappa shape index (κ2) is 7.73. The van der Waals surface area contributed by atoms with E-state index in [1.165, 1.54) is 13.2 Å². The fraction of sp³-hybridized carbons (Fsp3) is 0.429. The SMILES string of the molecule is CC[C@H](C)[C@H](NC(=O)Nc1ccc(OC)c(Cl)c1)C(=O)O. The van der Waals surface area contributed by atoms with Gasteiger partial charge in [0.15, 0.2) is 0 Å². The Kier molecular flexibility index (Phi) is 6.30. The molecule has 0 unspecified atom stereocenters. The van der Waals surface area contributed by atoms with E-state index in [-0.39, 0.29) is 5.92 Å². The van der Waals surface area contributed by atoms with Gasteiger partial charge in [-0.1, -0.05) is 31.9 Å². The minimum absolute atomic E-state index is 0.173. The molecule has 0 saturated carbocycles. The molecule has 0 heterocycles. The number of anilines is 1. The zero-order chi connectivity index (χ0) is 16.0. The lowest BCUT2D eigenvalue weighted by molar-refractivity contribution is -0.140. The zero-order valence-corrected chi connectivity index (χ0v) is 12.9. The van der Waals surface area contributed by atoms with Crippen LogP contribution in [0.2, 0.25) is 5.02 Å². The summed E-state index contributed by atoms with van der Waals surface area (Å²) in [6.45, 7) is 3.63. The van der Waals surface area contributed by atoms with Crippen LogP contribution in [0.1, 0.15) is 20.3 Å². The molecule has 2 amide bonds. The molecular weight excluding hydrogens is 296 g/mol. The smallest absolute Gasteiger partial charge is 0.326 e. The third-order valence-electron chi connectivity index (χ3n) is 3.18. The summed E-state index contributed by atoms with van der Waals surface area (Å²) in [6.07, 6.45) is 0.644. The van der Waals surface area contributed by atoms with Crippen molar-refractivity contribution in [2.24, 2.45) is 5.92 Å². The maximum Gasteiger partial charge on any atom is 0.326 e. The molecule has 0 spiro atoms. The molecule has 6 nitrogen and oxygen atoms in total. The molecule has 7 heteroatoms. The van der Waals surface area contributed by atoms with E-state index in [9.17, 15) is 9.59 Å². The van der Waals surface area contributed by atoms with Gasteiger partial charge in [-0.3, -0.25) is 0 Å². The fourth-order valence-corrected chi connectivity index (χ4v) is 1.99. The van der Waals surface area contributed by atoms with Crippen molar-refractivity contribution in [3.05, 3.63) is 23.2 Å². The molecule has 1 aromatic rings. The average molecular weight is 315 g/mol. The summed E-state index contributed by atoms with van der Waals surface area (Å²) in [5.41, 5.74) is 0.451. The molecule has 0 aromatic heterocycles. The third-order valence-corrected chi connectivity index (χ3v) is 3.47. The molecule has 0 radical (unpaired) electrons. The van der Waals surface area contributed by atoms with Crippen molar-refractivity contribution < 1.29 is 19.4 Å². The Hall–Kier alpha value is -1.95. The van der Waals surface area contributed by atoms with Gasteiger partial charge in [0.25, 0.3) is 0 Å². The van der Waals surface area contributed by atoms with Crippen molar-refractivity contribution in [2.75, 3.05) is 12.4 Å². The van der Waals surface area contributed by atoms with E-state index in [1.807, 2.05) is 6.92 Å². The van der Waals surface area contributed by atoms with E-state index in [0.29, 0.717) is 22.9 Å². The minimum Gasteiger partial charge on any atom is -0.495 e. The van der Waals surface area contributed by atoms with Gasteiger partial charge in [-0.15, -0.1) is 0 Å². The number of benzene rings is 1. The molecule has 1 rings (SSSR count). The number of urea groups is 1. The van der Waals surface area contributed by atoms with Gasteiger partial charge in [-0.25, -0.2) is 9.59 Å². The Morgan fingerprint density at radius 2 is 2.10 bits per heavy atom. The number of aliphatic carboxylic acids is 1. The van der Waals surface area contributed by atoms with Crippen LogP contribution in [0.25, 0.3) is 0 Å². The molecule has 3 N–H and O–H groups in total. The lowest BCUT2D eigenvalue weighted by Crippen LogP contribution is -2.46. The van der Waals surface area contributed by atoms with Crippen LogP contribution in [0.4, 0.5) is 10.5 Å². The summed E-state index contributed by atoms with van der Waals surface area (Å²) in [5, 5.41) is 14.5. The second-order valence-corrected chi connectivity index (χ2v) is 5.06. The monoisotopic (exact) mass is 314 g/mol. The normalized spacial score (nSPS) is 13.1. The highest BCUT2D eigenvalue weighted by molar-refractivity contribution is 6.32. The molecule has 0 aliphatic carbocycles. The van der Waals surface area contributed by atoms with E-state index in [2.05, 4.69) is 10.6 Å². The van der Waals surface area contributed by atoms with Gasteiger partial charge >= 0.3 is 12.0 Å². The van der Waals surface area contributed by atoms with Gasteiger partial charge in [0.05, 0.1) is 12.1 Å². The molecule has 116 valence electrons. The Labute approximate surface area is 128 Å². The van der Waals surface area contributed by atoms with Gasteiger partial charge in [0.1, 0.15) is 11.8 Å². The van der Waals surface area contributed by atoms with E-state index in [1.54, 1.807) is 19.1 Å². The van der Waals surface area contributed by atoms with Crippen LogP contribution in [0.3, 0.4) is 0 Å². The van der Waals surface area contributed by atoms with Crippen molar-refractivity contribution >= 4 is 29.3 Å². The first kappa shape index (κ1) is 17.1. The standard InChI is InChI=1S/C14H19ClN2O4/c1-4-8(2)12(13(18)19)17-14(20)16-9-5-6-11(21-3)10(15)7-9/h5-8,12H,4H2,1-3H3,(H,18,19)(H2,16,17,20)/t8-,12-/m0/s1. The van der Waals surface area contributed by atoms with Crippen LogP contribution in [0.5, 0.6) is 5.75 Å². The van der Waals surface area contributed by atoms with Crippen molar-refractivity contribution in [1.29, 1.82) is 0 Å². The molecule has 0 fully saturated rings. The highest BCUT2D eigenvalue weighted by atomic mass is 35.5. The fourth-order valence-electron chi connectivity index (χ4n) is 1.74. The molecule has 2 atom stereocenters. The second-order valence-electron chi connectivity index (χ2n) is 4.65. The van der Waals surface area contributed by atoms with Crippen LogP contribution in [0.15, 0.2) is 18.2 Å². The summed E-state index contributed by atoms with van der Waals surface area (Å²) in [6, 6.07) is 3.22. The first-order chi connectivity index (χ1) is 9.88. The van der Waals surface area contributed by atoms with Crippen LogP contribution in [-0.4, -0.2) is 30.3 Å². The number of amides is 2. The third kappa shape index (κ3) is 4.82. The first-order valence-corrected chi connectivity index (χ1v) is 6.90. The maximum atomic E-state index is 11.9. The summed E-state index contributed by atoms with van der Waals surface area (Å²) in [7, 11) is 1.49. The highest BCUT2D eigenvalue weighted by Crippen LogP contribution is 2.27. The van der Waals surface area contributed by atoms with E-state index >= 15 is 0 Å². The molecule has 0 bridgehead atoms. The Balaban J connectivity index is 2.72. The van der Waals surface area contributed by atoms with Gasteiger partial charge in [0, 0.05) is 5.69 Å². The number of carboxylic acids is 1. The molecule has 0 aliphatic rings. The Morgan fingerprint density at radius 1 is 1.43 bits per heavy atom. The summed E-state index contributed by atoms with van der Waals surface area (Å²) in [5.74, 6) is -0.745. The maximum absolute atomic E-state index is 11.9. The Bertz CT molecular complexity index is 522. The van der Waals surface area contributed by atoms with Crippen molar-refractivity contribution in [1.82, 2.24) is 5.32 Å². The van der Waals surface area contributed by atoms with Gasteiger partial charge in [-0.05, 0) is 24.1 Å². The molecular formula is C14H19ClN2O4. The van der Waals surface area contributed by atoms with Crippen molar-refractivity contribution in [2.45, 2.75) is 26.3 Å². The number of carboxylic acid groups (broad SMARTS) is 1.